The van der Waals surface area contributed by atoms with E-state index in [9.17, 15) is 10.0 Å². The molecule has 1 aromatic carbocycles. The van der Waals surface area contributed by atoms with Gasteiger partial charge in [-0.1, -0.05) is 29.8 Å². The van der Waals surface area contributed by atoms with Gasteiger partial charge in [-0.3, -0.25) is 10.0 Å². The minimum absolute atomic E-state index is 0.105. The van der Waals surface area contributed by atoms with Gasteiger partial charge < -0.3 is 0 Å². The van der Waals surface area contributed by atoms with Gasteiger partial charge in [0.15, 0.2) is 0 Å². The Morgan fingerprint density at radius 1 is 1.38 bits per heavy atom. The van der Waals surface area contributed by atoms with Crippen molar-refractivity contribution >= 4 is 41.0 Å². The highest BCUT2D eigenvalue weighted by molar-refractivity contribution is 8.21. The summed E-state index contributed by atoms with van der Waals surface area (Å²) in [6.07, 6.45) is 0. The molecule has 3 nitrogen and oxygen atoms in total. The van der Waals surface area contributed by atoms with Crippen LogP contribution in [0.5, 0.6) is 0 Å². The first-order valence-electron chi connectivity index (χ1n) is 6.80. The molecule has 0 aliphatic carbocycles. The second-order valence-electron chi connectivity index (χ2n) is 5.72. The lowest BCUT2D eigenvalue weighted by Crippen LogP contribution is -2.48. The highest BCUT2D eigenvalue weighted by Crippen LogP contribution is 2.55. The van der Waals surface area contributed by atoms with E-state index in [1.54, 1.807) is 29.6 Å². The molecule has 116 valence electrons. The number of halogens is 1. The van der Waals surface area contributed by atoms with Gasteiger partial charge >= 0.3 is 0 Å². The zero-order chi connectivity index (χ0) is 15.7. The fourth-order valence-corrected chi connectivity index (χ4v) is 5.62. The fourth-order valence-electron chi connectivity index (χ4n) is 2.25. The Hall–Kier alpha value is -0.360. The molecule has 6 heteroatoms. The largest absolute Gasteiger partial charge is 0.286 e. The van der Waals surface area contributed by atoms with Crippen LogP contribution < -0.4 is 0 Å². The first-order chi connectivity index (χ1) is 9.78. The minimum Gasteiger partial charge on any atom is -0.286 e. The van der Waals surface area contributed by atoms with Gasteiger partial charge in [0.2, 0.25) is 0 Å². The molecular formula is C15H20ClNO2S2. The zero-order valence-corrected chi connectivity index (χ0v) is 14.8. The quantitative estimate of drug-likeness (QED) is 0.653. The SMILES string of the molecule is CC1(C(C)(C)C(=O)N(O)Cc2ccccc2Cl)SCCS1. The van der Waals surface area contributed by atoms with Gasteiger partial charge in [-0.05, 0) is 32.4 Å². The standard InChI is InChI=1S/C15H20ClNO2S2/c1-14(2,15(3)20-8-9-21-15)13(18)17(19)10-11-6-4-5-7-12(11)16/h4-7,19H,8-10H2,1-3H3. The summed E-state index contributed by atoms with van der Waals surface area (Å²) in [5.74, 6) is 1.80. The predicted octanol–water partition coefficient (Wildman–Crippen LogP) is 4.28. The van der Waals surface area contributed by atoms with Crippen molar-refractivity contribution in [3.8, 4) is 0 Å². The van der Waals surface area contributed by atoms with Crippen LogP contribution in [0.3, 0.4) is 0 Å². The number of carbonyl (C=O) groups excluding carboxylic acids is 1. The van der Waals surface area contributed by atoms with Gasteiger partial charge in [-0.25, -0.2) is 5.06 Å². The van der Waals surface area contributed by atoms with Crippen molar-refractivity contribution in [2.75, 3.05) is 11.5 Å². The molecule has 1 fully saturated rings. The lowest BCUT2D eigenvalue weighted by atomic mass is 9.87. The van der Waals surface area contributed by atoms with E-state index in [2.05, 4.69) is 6.92 Å². The number of nitrogens with zero attached hydrogens (tertiary/aromatic N) is 1. The lowest BCUT2D eigenvalue weighted by molar-refractivity contribution is -0.178. The second-order valence-corrected chi connectivity index (χ2v) is 9.41. The van der Waals surface area contributed by atoms with Crippen molar-refractivity contribution in [1.82, 2.24) is 5.06 Å². The van der Waals surface area contributed by atoms with Crippen molar-refractivity contribution < 1.29 is 10.0 Å². The first-order valence-corrected chi connectivity index (χ1v) is 9.15. The number of hydrogen-bond acceptors (Lipinski definition) is 4. The average molecular weight is 346 g/mol. The highest BCUT2D eigenvalue weighted by Gasteiger charge is 2.51. The Morgan fingerprint density at radius 2 is 1.95 bits per heavy atom. The molecule has 1 aromatic rings. The fraction of sp³-hybridized carbons (Fsp3) is 0.533. The number of rotatable bonds is 4. The van der Waals surface area contributed by atoms with E-state index in [0.29, 0.717) is 5.02 Å². The number of hydroxylamine groups is 2. The molecule has 0 radical (unpaired) electrons. The maximum atomic E-state index is 12.7. The molecular weight excluding hydrogens is 326 g/mol. The molecule has 2 rings (SSSR count). The van der Waals surface area contributed by atoms with Crippen LogP contribution in [0.1, 0.15) is 26.3 Å². The van der Waals surface area contributed by atoms with Gasteiger partial charge in [-0.15, -0.1) is 23.5 Å². The van der Waals surface area contributed by atoms with E-state index >= 15 is 0 Å². The Morgan fingerprint density at radius 3 is 2.52 bits per heavy atom. The Kier molecular flexibility index (Phi) is 5.19. The van der Waals surface area contributed by atoms with E-state index < -0.39 is 5.41 Å². The molecule has 0 saturated carbocycles. The van der Waals surface area contributed by atoms with E-state index in [0.717, 1.165) is 22.1 Å². The molecule has 0 aromatic heterocycles. The first kappa shape index (κ1) is 17.0. The van der Waals surface area contributed by atoms with E-state index in [1.165, 1.54) is 0 Å². The van der Waals surface area contributed by atoms with Crippen LogP contribution in [-0.4, -0.2) is 31.8 Å². The van der Waals surface area contributed by atoms with E-state index in [1.807, 2.05) is 32.0 Å². The topological polar surface area (TPSA) is 40.5 Å². The number of carbonyl (C=O) groups is 1. The van der Waals surface area contributed by atoms with Gasteiger partial charge in [0.05, 0.1) is 16.0 Å². The monoisotopic (exact) mass is 345 g/mol. The highest BCUT2D eigenvalue weighted by atomic mass is 35.5. The van der Waals surface area contributed by atoms with Crippen LogP contribution >= 0.6 is 35.1 Å². The molecule has 1 aliphatic rings. The van der Waals surface area contributed by atoms with Crippen LogP contribution in [-0.2, 0) is 11.3 Å². The summed E-state index contributed by atoms with van der Waals surface area (Å²) in [7, 11) is 0. The number of amides is 1. The summed E-state index contributed by atoms with van der Waals surface area (Å²) >= 11 is 9.65. The molecule has 1 heterocycles. The van der Waals surface area contributed by atoms with Crippen LogP contribution in [0.4, 0.5) is 0 Å². The van der Waals surface area contributed by atoms with Gasteiger partial charge in [-0.2, -0.15) is 0 Å². The van der Waals surface area contributed by atoms with Crippen LogP contribution in [0, 0.1) is 5.41 Å². The second kappa shape index (κ2) is 6.41. The maximum Gasteiger partial charge on any atom is 0.254 e. The average Bonchev–Trinajstić information content (AvgIpc) is 2.89. The summed E-state index contributed by atoms with van der Waals surface area (Å²) in [6.45, 7) is 5.98. The van der Waals surface area contributed by atoms with Crippen molar-refractivity contribution in [3.05, 3.63) is 34.9 Å². The third-order valence-electron chi connectivity index (χ3n) is 4.02. The third kappa shape index (κ3) is 3.36. The number of benzene rings is 1. The van der Waals surface area contributed by atoms with Crippen molar-refractivity contribution in [2.24, 2.45) is 5.41 Å². The molecule has 0 bridgehead atoms. The summed E-state index contributed by atoms with van der Waals surface area (Å²) in [5.41, 5.74) is 0.0807. The molecule has 1 aliphatic heterocycles. The van der Waals surface area contributed by atoms with Gasteiger partial charge in [0, 0.05) is 16.5 Å². The van der Waals surface area contributed by atoms with E-state index in [-0.39, 0.29) is 16.5 Å². The molecule has 1 amide bonds. The van der Waals surface area contributed by atoms with Crippen molar-refractivity contribution in [3.63, 3.8) is 0 Å². The molecule has 1 N–H and O–H groups in total. The molecule has 21 heavy (non-hydrogen) atoms. The minimum atomic E-state index is -0.658. The normalized spacial score (nSPS) is 17.8. The molecule has 1 saturated heterocycles. The number of hydrogen-bond donors (Lipinski definition) is 1. The van der Waals surface area contributed by atoms with Gasteiger partial charge in [0.25, 0.3) is 5.91 Å². The Balaban J connectivity index is 2.13. The predicted molar refractivity (Wildman–Crippen MR) is 90.9 cm³/mol. The summed E-state index contributed by atoms with van der Waals surface area (Å²) in [4.78, 5) is 12.7. The number of thioether (sulfide) groups is 2. The summed E-state index contributed by atoms with van der Waals surface area (Å²) in [5, 5.41) is 11.6. The molecule has 0 atom stereocenters. The van der Waals surface area contributed by atoms with Crippen LogP contribution in [0.25, 0.3) is 0 Å². The van der Waals surface area contributed by atoms with Crippen molar-refractivity contribution in [2.45, 2.75) is 31.4 Å². The smallest absolute Gasteiger partial charge is 0.254 e. The van der Waals surface area contributed by atoms with Crippen LogP contribution in [0.15, 0.2) is 24.3 Å². The van der Waals surface area contributed by atoms with Crippen LogP contribution in [0.2, 0.25) is 5.02 Å². The van der Waals surface area contributed by atoms with Crippen molar-refractivity contribution in [1.29, 1.82) is 0 Å². The molecule has 0 spiro atoms. The Bertz CT molecular complexity index is 530. The Labute approximate surface area is 139 Å². The van der Waals surface area contributed by atoms with E-state index in [4.69, 9.17) is 11.6 Å². The lowest BCUT2D eigenvalue weighted by Gasteiger charge is -2.40. The summed E-state index contributed by atoms with van der Waals surface area (Å²) in [6, 6.07) is 7.23. The van der Waals surface area contributed by atoms with Gasteiger partial charge in [0.1, 0.15) is 0 Å². The summed E-state index contributed by atoms with van der Waals surface area (Å²) < 4.78 is -0.217. The zero-order valence-electron chi connectivity index (χ0n) is 12.4. The third-order valence-corrected chi connectivity index (χ3v) is 8.29. The maximum absolute atomic E-state index is 12.7. The molecule has 0 unspecified atom stereocenters.